The summed E-state index contributed by atoms with van der Waals surface area (Å²) in [4.78, 5) is 26.1. The minimum atomic E-state index is -0.392. The summed E-state index contributed by atoms with van der Waals surface area (Å²) in [7, 11) is 3.17. The number of benzene rings is 3. The molecular formula is C30H30N2O5. The molecule has 3 aromatic carbocycles. The Hall–Kier alpha value is -4.52. The van der Waals surface area contributed by atoms with E-state index in [9.17, 15) is 9.59 Å². The highest BCUT2D eigenvalue weighted by Crippen LogP contribution is 2.30. The molecule has 0 saturated heterocycles. The van der Waals surface area contributed by atoms with Crippen LogP contribution < -0.4 is 24.8 Å². The van der Waals surface area contributed by atoms with Crippen LogP contribution in [0.3, 0.4) is 0 Å². The van der Waals surface area contributed by atoms with Crippen LogP contribution >= 0.6 is 0 Å². The Bertz CT molecular complexity index is 1330. The number of carbonyl (C=O) groups is 2. The van der Waals surface area contributed by atoms with Gasteiger partial charge in [0.2, 0.25) is 0 Å². The van der Waals surface area contributed by atoms with E-state index in [0.717, 1.165) is 22.4 Å². The number of carbonyl (C=O) groups excluding carboxylic acids is 2. The van der Waals surface area contributed by atoms with Gasteiger partial charge in [0, 0.05) is 17.7 Å². The summed E-state index contributed by atoms with van der Waals surface area (Å²) in [5, 5.41) is 5.70. The van der Waals surface area contributed by atoms with E-state index < -0.39 is 5.91 Å². The van der Waals surface area contributed by atoms with Gasteiger partial charge < -0.3 is 24.8 Å². The summed E-state index contributed by atoms with van der Waals surface area (Å²) in [6, 6.07) is 22.1. The van der Waals surface area contributed by atoms with Gasteiger partial charge in [0.1, 0.15) is 17.6 Å². The zero-order valence-electron chi connectivity index (χ0n) is 21.1. The number of para-hydroxylation sites is 1. The number of fused-ring (bicyclic) bond motifs is 1. The third-order valence-corrected chi connectivity index (χ3v) is 6.00. The topological polar surface area (TPSA) is 85.9 Å². The largest absolute Gasteiger partial charge is 0.493 e. The quantitative estimate of drug-likeness (QED) is 0.423. The molecule has 0 spiro atoms. The van der Waals surface area contributed by atoms with Crippen molar-refractivity contribution in [3.05, 3.63) is 107 Å². The van der Waals surface area contributed by atoms with E-state index in [1.165, 1.54) is 0 Å². The number of rotatable bonds is 9. The van der Waals surface area contributed by atoms with Crippen molar-refractivity contribution in [2.75, 3.05) is 20.8 Å². The van der Waals surface area contributed by atoms with E-state index in [4.69, 9.17) is 14.2 Å². The van der Waals surface area contributed by atoms with Crippen molar-refractivity contribution in [1.82, 2.24) is 10.6 Å². The number of amides is 2. The van der Waals surface area contributed by atoms with Crippen molar-refractivity contribution in [2.45, 2.75) is 19.4 Å². The molecule has 1 atom stereocenters. The lowest BCUT2D eigenvalue weighted by molar-refractivity contribution is -0.117. The molecule has 0 aliphatic carbocycles. The fourth-order valence-corrected chi connectivity index (χ4v) is 3.98. The maximum Gasteiger partial charge on any atom is 0.267 e. The summed E-state index contributed by atoms with van der Waals surface area (Å²) in [6.45, 7) is 2.27. The Kier molecular flexibility index (Phi) is 8.26. The molecule has 4 rings (SSSR count). The van der Waals surface area contributed by atoms with Gasteiger partial charge in [-0.05, 0) is 67.0 Å². The zero-order chi connectivity index (χ0) is 26.2. The van der Waals surface area contributed by atoms with E-state index in [2.05, 4.69) is 10.6 Å². The number of hydrogen-bond donors (Lipinski definition) is 2. The number of nitrogens with one attached hydrogen (secondary N) is 2. The molecular weight excluding hydrogens is 468 g/mol. The van der Waals surface area contributed by atoms with Gasteiger partial charge in [0.25, 0.3) is 11.8 Å². The van der Waals surface area contributed by atoms with Crippen LogP contribution in [0.2, 0.25) is 0 Å². The monoisotopic (exact) mass is 498 g/mol. The fourth-order valence-electron chi connectivity index (χ4n) is 3.98. The van der Waals surface area contributed by atoms with Crippen LogP contribution in [0, 0.1) is 0 Å². The summed E-state index contributed by atoms with van der Waals surface area (Å²) in [5.41, 5.74) is 3.26. The molecule has 7 heteroatoms. The molecule has 1 heterocycles. The first-order valence-corrected chi connectivity index (χ1v) is 12.0. The molecule has 2 amide bonds. The Balaban J connectivity index is 1.53. The molecule has 37 heavy (non-hydrogen) atoms. The van der Waals surface area contributed by atoms with Crippen LogP contribution in [-0.4, -0.2) is 38.7 Å². The second kappa shape index (κ2) is 11.9. The number of hydrogen-bond acceptors (Lipinski definition) is 5. The SMILES string of the molecule is COc1ccc(CCNC(=O)/C(=C\C2=Cc3ccccc3OC2C)NC(=O)c2ccccc2)cc1OC. The molecule has 2 N–H and O–H groups in total. The average Bonchev–Trinajstić information content (AvgIpc) is 2.93. The number of ether oxygens (including phenoxy) is 3. The Labute approximate surface area is 216 Å². The maximum atomic E-state index is 13.2. The summed E-state index contributed by atoms with van der Waals surface area (Å²) in [6.07, 6.45) is 3.92. The minimum Gasteiger partial charge on any atom is -0.493 e. The lowest BCUT2D eigenvalue weighted by Gasteiger charge is -2.23. The van der Waals surface area contributed by atoms with Gasteiger partial charge in [-0.1, -0.05) is 42.5 Å². The highest BCUT2D eigenvalue weighted by molar-refractivity contribution is 6.03. The summed E-state index contributed by atoms with van der Waals surface area (Å²) >= 11 is 0. The zero-order valence-corrected chi connectivity index (χ0v) is 21.1. The smallest absolute Gasteiger partial charge is 0.267 e. The average molecular weight is 499 g/mol. The molecule has 1 aliphatic rings. The Morgan fingerprint density at radius 2 is 1.68 bits per heavy atom. The van der Waals surface area contributed by atoms with Crippen LogP contribution in [0.25, 0.3) is 6.08 Å². The lowest BCUT2D eigenvalue weighted by atomic mass is 10.0. The maximum absolute atomic E-state index is 13.2. The first kappa shape index (κ1) is 25.6. The van der Waals surface area contributed by atoms with E-state index in [-0.39, 0.29) is 17.7 Å². The molecule has 0 saturated carbocycles. The normalized spacial score (nSPS) is 14.5. The van der Waals surface area contributed by atoms with E-state index in [0.29, 0.717) is 30.0 Å². The van der Waals surface area contributed by atoms with Gasteiger partial charge in [0.15, 0.2) is 11.5 Å². The highest BCUT2D eigenvalue weighted by atomic mass is 16.5. The van der Waals surface area contributed by atoms with E-state index in [1.807, 2.05) is 61.5 Å². The van der Waals surface area contributed by atoms with Gasteiger partial charge in [0.05, 0.1) is 14.2 Å². The standard InChI is InChI=1S/C30H30N2O5/c1-20-24(18-23-11-7-8-12-26(23)37-20)19-25(32-29(33)22-9-5-4-6-10-22)30(34)31-16-15-21-13-14-27(35-2)28(17-21)36-3/h4-14,17-20H,15-16H2,1-3H3,(H,31,34)(H,32,33)/b25-19+. The van der Waals surface area contributed by atoms with Gasteiger partial charge in [-0.15, -0.1) is 0 Å². The van der Waals surface area contributed by atoms with Crippen molar-refractivity contribution >= 4 is 17.9 Å². The van der Waals surface area contributed by atoms with Crippen LogP contribution in [-0.2, 0) is 11.2 Å². The predicted octanol–water partition coefficient (Wildman–Crippen LogP) is 4.54. The Morgan fingerprint density at radius 3 is 2.43 bits per heavy atom. The number of methoxy groups -OCH3 is 2. The highest BCUT2D eigenvalue weighted by Gasteiger charge is 2.21. The van der Waals surface area contributed by atoms with Crippen LogP contribution in [0.4, 0.5) is 0 Å². The van der Waals surface area contributed by atoms with Crippen molar-refractivity contribution in [1.29, 1.82) is 0 Å². The predicted molar refractivity (Wildman–Crippen MR) is 143 cm³/mol. The van der Waals surface area contributed by atoms with Gasteiger partial charge in [-0.25, -0.2) is 0 Å². The summed E-state index contributed by atoms with van der Waals surface area (Å²) in [5.74, 6) is 1.29. The first-order valence-electron chi connectivity index (χ1n) is 12.0. The molecule has 190 valence electrons. The van der Waals surface area contributed by atoms with Gasteiger partial charge in [-0.3, -0.25) is 9.59 Å². The van der Waals surface area contributed by atoms with E-state index >= 15 is 0 Å². The van der Waals surface area contributed by atoms with Gasteiger partial charge >= 0.3 is 0 Å². The molecule has 1 aliphatic heterocycles. The minimum absolute atomic E-state index is 0.141. The molecule has 0 fully saturated rings. The second-order valence-corrected chi connectivity index (χ2v) is 8.52. The third-order valence-electron chi connectivity index (χ3n) is 6.00. The van der Waals surface area contributed by atoms with Crippen LogP contribution in [0.1, 0.15) is 28.4 Å². The second-order valence-electron chi connectivity index (χ2n) is 8.52. The van der Waals surface area contributed by atoms with Gasteiger partial charge in [-0.2, -0.15) is 0 Å². The Morgan fingerprint density at radius 1 is 0.946 bits per heavy atom. The molecule has 1 unspecified atom stereocenters. The van der Waals surface area contributed by atoms with Crippen LogP contribution in [0.15, 0.2) is 90.1 Å². The van der Waals surface area contributed by atoms with Crippen molar-refractivity contribution in [3.63, 3.8) is 0 Å². The molecule has 0 bridgehead atoms. The van der Waals surface area contributed by atoms with Crippen molar-refractivity contribution < 1.29 is 23.8 Å². The first-order chi connectivity index (χ1) is 18.0. The van der Waals surface area contributed by atoms with Crippen LogP contribution in [0.5, 0.6) is 17.2 Å². The molecule has 0 radical (unpaired) electrons. The van der Waals surface area contributed by atoms with E-state index in [1.54, 1.807) is 44.6 Å². The third kappa shape index (κ3) is 6.38. The van der Waals surface area contributed by atoms with Crippen molar-refractivity contribution in [3.8, 4) is 17.2 Å². The van der Waals surface area contributed by atoms with Crippen molar-refractivity contribution in [2.24, 2.45) is 0 Å². The molecule has 0 aromatic heterocycles. The molecule has 3 aromatic rings. The summed E-state index contributed by atoms with van der Waals surface area (Å²) < 4.78 is 16.7. The molecule has 7 nitrogen and oxygen atoms in total. The lowest BCUT2D eigenvalue weighted by Crippen LogP contribution is -2.36. The fraction of sp³-hybridized carbons (Fsp3) is 0.200.